The summed E-state index contributed by atoms with van der Waals surface area (Å²) in [7, 11) is 1.93. The number of carbonyl (C=O) groups is 1. The van der Waals surface area contributed by atoms with Crippen LogP contribution in [0.2, 0.25) is 0 Å². The van der Waals surface area contributed by atoms with E-state index in [-0.39, 0.29) is 18.0 Å². The van der Waals surface area contributed by atoms with Gasteiger partial charge in [0.2, 0.25) is 5.91 Å². The van der Waals surface area contributed by atoms with E-state index in [4.69, 9.17) is 0 Å². The molecule has 1 aliphatic heterocycles. The van der Waals surface area contributed by atoms with Crippen molar-refractivity contribution in [2.24, 2.45) is 0 Å². The van der Waals surface area contributed by atoms with Gasteiger partial charge < -0.3 is 15.5 Å². The van der Waals surface area contributed by atoms with Crippen molar-refractivity contribution in [2.75, 3.05) is 25.0 Å². The number of aromatic nitrogens is 1. The molecule has 2 rings (SSSR count). The molecule has 1 aromatic rings. The zero-order valence-corrected chi connectivity index (χ0v) is 11.8. The average Bonchev–Trinajstić information content (AvgIpc) is 2.46. The summed E-state index contributed by atoms with van der Waals surface area (Å²) in [5.74, 6) is 1.02. The number of anilines is 1. The number of piperazine rings is 1. The lowest BCUT2D eigenvalue weighted by Crippen LogP contribution is -2.55. The molecular weight excluding hydrogens is 240 g/mol. The van der Waals surface area contributed by atoms with E-state index in [0.29, 0.717) is 6.54 Å². The third-order valence-electron chi connectivity index (χ3n) is 3.71. The van der Waals surface area contributed by atoms with Crippen LogP contribution in [0.5, 0.6) is 0 Å². The Morgan fingerprint density at radius 3 is 3.11 bits per heavy atom. The zero-order valence-electron chi connectivity index (χ0n) is 11.8. The van der Waals surface area contributed by atoms with Gasteiger partial charge in [-0.15, -0.1) is 0 Å². The molecule has 2 N–H and O–H groups in total. The molecule has 0 saturated carbocycles. The molecular formula is C14H22N4O. The molecule has 1 aromatic heterocycles. The number of hydrogen-bond donors (Lipinski definition) is 2. The van der Waals surface area contributed by atoms with Crippen molar-refractivity contribution in [1.29, 1.82) is 0 Å². The lowest BCUT2D eigenvalue weighted by atomic mass is 10.1. The van der Waals surface area contributed by atoms with Gasteiger partial charge in [-0.05, 0) is 26.5 Å². The molecule has 0 radical (unpaired) electrons. The second kappa shape index (κ2) is 6.02. The van der Waals surface area contributed by atoms with Crippen LogP contribution in [-0.4, -0.2) is 37.1 Å². The fourth-order valence-electron chi connectivity index (χ4n) is 2.52. The molecule has 5 heteroatoms. The summed E-state index contributed by atoms with van der Waals surface area (Å²) in [4.78, 5) is 18.6. The molecule has 1 amide bonds. The monoisotopic (exact) mass is 262 g/mol. The quantitative estimate of drug-likeness (QED) is 0.852. The van der Waals surface area contributed by atoms with Gasteiger partial charge in [0.05, 0.1) is 0 Å². The van der Waals surface area contributed by atoms with Gasteiger partial charge in [-0.3, -0.25) is 4.79 Å². The van der Waals surface area contributed by atoms with E-state index in [9.17, 15) is 4.79 Å². The fraction of sp³-hybridized carbons (Fsp3) is 0.571. The second-order valence-electron chi connectivity index (χ2n) is 4.84. The number of nitrogens with one attached hydrogen (secondary N) is 2. The summed E-state index contributed by atoms with van der Waals surface area (Å²) in [6, 6.07) is 4.11. The van der Waals surface area contributed by atoms with Crippen LogP contribution in [-0.2, 0) is 4.79 Å². The van der Waals surface area contributed by atoms with Crippen LogP contribution in [0.25, 0.3) is 0 Å². The van der Waals surface area contributed by atoms with Crippen LogP contribution < -0.4 is 15.5 Å². The fourth-order valence-corrected chi connectivity index (χ4v) is 2.52. The summed E-state index contributed by atoms with van der Waals surface area (Å²) >= 11 is 0. The first-order valence-electron chi connectivity index (χ1n) is 6.85. The van der Waals surface area contributed by atoms with Gasteiger partial charge in [-0.2, -0.15) is 0 Å². The van der Waals surface area contributed by atoms with Gasteiger partial charge in [0.15, 0.2) is 0 Å². The van der Waals surface area contributed by atoms with Gasteiger partial charge >= 0.3 is 0 Å². The van der Waals surface area contributed by atoms with E-state index in [1.54, 1.807) is 6.20 Å². The maximum Gasteiger partial charge on any atom is 0.242 e. The largest absolute Gasteiger partial charge is 0.353 e. The van der Waals surface area contributed by atoms with E-state index in [0.717, 1.165) is 24.3 Å². The summed E-state index contributed by atoms with van der Waals surface area (Å²) in [5, 5.41) is 6.16. The SMILES string of the molecule is CCC1C(=O)NCCN1c1ncccc1C(C)NC. The number of pyridine rings is 1. The molecule has 2 unspecified atom stereocenters. The predicted octanol–water partition coefficient (Wildman–Crippen LogP) is 1.08. The maximum absolute atomic E-state index is 12.0. The Labute approximate surface area is 114 Å². The lowest BCUT2D eigenvalue weighted by Gasteiger charge is -2.37. The first-order chi connectivity index (χ1) is 9.19. The average molecular weight is 262 g/mol. The number of nitrogens with zero attached hydrogens (tertiary/aromatic N) is 2. The third kappa shape index (κ3) is 2.71. The van der Waals surface area contributed by atoms with Crippen molar-refractivity contribution in [2.45, 2.75) is 32.4 Å². The van der Waals surface area contributed by atoms with E-state index >= 15 is 0 Å². The molecule has 0 aromatic carbocycles. The normalized spacial score (nSPS) is 21.1. The molecule has 2 atom stereocenters. The summed E-state index contributed by atoms with van der Waals surface area (Å²) in [5.41, 5.74) is 1.14. The Morgan fingerprint density at radius 2 is 2.42 bits per heavy atom. The first kappa shape index (κ1) is 13.8. The number of rotatable bonds is 4. The zero-order chi connectivity index (χ0) is 13.8. The Hall–Kier alpha value is -1.62. The Kier molecular flexibility index (Phi) is 4.37. The van der Waals surface area contributed by atoms with Crippen LogP contribution >= 0.6 is 0 Å². The molecule has 5 nitrogen and oxygen atoms in total. The van der Waals surface area contributed by atoms with Crippen molar-refractivity contribution in [3.8, 4) is 0 Å². The van der Waals surface area contributed by atoms with Crippen molar-refractivity contribution >= 4 is 11.7 Å². The molecule has 1 fully saturated rings. The van der Waals surface area contributed by atoms with E-state index in [2.05, 4.69) is 33.5 Å². The second-order valence-corrected chi connectivity index (χ2v) is 4.84. The minimum Gasteiger partial charge on any atom is -0.353 e. The Balaban J connectivity index is 2.37. The minimum atomic E-state index is -0.119. The highest BCUT2D eigenvalue weighted by molar-refractivity contribution is 5.86. The topological polar surface area (TPSA) is 57.3 Å². The summed E-state index contributed by atoms with van der Waals surface area (Å²) in [6.45, 7) is 5.63. The van der Waals surface area contributed by atoms with Gasteiger partial charge in [-0.1, -0.05) is 13.0 Å². The number of amides is 1. The summed E-state index contributed by atoms with van der Waals surface area (Å²) in [6.07, 6.45) is 2.58. The molecule has 104 valence electrons. The first-order valence-corrected chi connectivity index (χ1v) is 6.85. The van der Waals surface area contributed by atoms with E-state index in [1.807, 2.05) is 20.0 Å². The van der Waals surface area contributed by atoms with Gasteiger partial charge in [0.25, 0.3) is 0 Å². The van der Waals surface area contributed by atoms with Crippen LogP contribution in [0.4, 0.5) is 5.82 Å². The van der Waals surface area contributed by atoms with Crippen molar-refractivity contribution < 1.29 is 4.79 Å². The lowest BCUT2D eigenvalue weighted by molar-refractivity contribution is -0.123. The van der Waals surface area contributed by atoms with E-state index < -0.39 is 0 Å². The minimum absolute atomic E-state index is 0.0995. The van der Waals surface area contributed by atoms with Crippen LogP contribution in [0.15, 0.2) is 18.3 Å². The van der Waals surface area contributed by atoms with Gasteiger partial charge in [0.1, 0.15) is 11.9 Å². The smallest absolute Gasteiger partial charge is 0.242 e. The third-order valence-corrected chi connectivity index (χ3v) is 3.71. The highest BCUT2D eigenvalue weighted by Gasteiger charge is 2.30. The van der Waals surface area contributed by atoms with Crippen LogP contribution in [0, 0.1) is 0 Å². The van der Waals surface area contributed by atoms with Crippen molar-refractivity contribution in [3.63, 3.8) is 0 Å². The van der Waals surface area contributed by atoms with Gasteiger partial charge in [0, 0.05) is 30.9 Å². The summed E-state index contributed by atoms with van der Waals surface area (Å²) < 4.78 is 0. The Morgan fingerprint density at radius 1 is 1.63 bits per heavy atom. The molecule has 2 heterocycles. The van der Waals surface area contributed by atoms with Crippen LogP contribution in [0.3, 0.4) is 0 Å². The highest BCUT2D eigenvalue weighted by atomic mass is 16.2. The van der Waals surface area contributed by atoms with Gasteiger partial charge in [-0.25, -0.2) is 4.98 Å². The molecule has 1 saturated heterocycles. The standard InChI is InChI=1S/C14H22N4O/c1-4-12-14(19)17-8-9-18(12)13-11(10(2)15-3)6-5-7-16-13/h5-7,10,12,15H,4,8-9H2,1-3H3,(H,17,19). The predicted molar refractivity (Wildman–Crippen MR) is 76.1 cm³/mol. The molecule has 0 bridgehead atoms. The number of hydrogen-bond acceptors (Lipinski definition) is 4. The molecule has 1 aliphatic rings. The highest BCUT2D eigenvalue weighted by Crippen LogP contribution is 2.26. The maximum atomic E-state index is 12.0. The van der Waals surface area contributed by atoms with Crippen LogP contribution in [0.1, 0.15) is 31.9 Å². The number of carbonyl (C=O) groups excluding carboxylic acids is 1. The van der Waals surface area contributed by atoms with Crippen molar-refractivity contribution in [1.82, 2.24) is 15.6 Å². The molecule has 0 spiro atoms. The van der Waals surface area contributed by atoms with E-state index in [1.165, 1.54) is 0 Å². The molecule has 19 heavy (non-hydrogen) atoms. The van der Waals surface area contributed by atoms with Crippen molar-refractivity contribution in [3.05, 3.63) is 23.9 Å². The Bertz CT molecular complexity index is 449. The molecule has 0 aliphatic carbocycles.